The van der Waals surface area contributed by atoms with Crippen LogP contribution in [0, 0.1) is 0 Å². The van der Waals surface area contributed by atoms with E-state index in [0.717, 1.165) is 5.56 Å². The first-order chi connectivity index (χ1) is 12.1. The van der Waals surface area contributed by atoms with Gasteiger partial charge in [-0.15, -0.1) is 10.2 Å². The highest BCUT2D eigenvalue weighted by Gasteiger charge is 2.19. The van der Waals surface area contributed by atoms with Crippen molar-refractivity contribution in [2.45, 2.75) is 23.8 Å². The molecule has 0 saturated carbocycles. The Morgan fingerprint density at radius 3 is 2.76 bits per heavy atom. The quantitative estimate of drug-likeness (QED) is 0.660. The molecule has 1 N–H and O–H groups in total. The molecule has 0 radical (unpaired) electrons. The fourth-order valence-corrected chi connectivity index (χ4v) is 2.82. The molecule has 0 unspecified atom stereocenters. The topological polar surface area (TPSA) is 80.9 Å². The standard InChI is InChI=1S/C17H15ClN4O2S/c1-11(16(23)20-14-8-7-13(18)10-19-14)25-17-22-21-15(24-17)9-12-5-3-2-4-6-12/h2-8,10-11H,9H2,1H3,(H,19,20,23)/t11-/m1/s1. The Hall–Kier alpha value is -2.38. The molecule has 3 aromatic rings. The van der Waals surface area contributed by atoms with Crippen LogP contribution in [0.25, 0.3) is 0 Å². The maximum atomic E-state index is 12.2. The molecule has 1 aromatic carbocycles. The van der Waals surface area contributed by atoms with Gasteiger partial charge in [-0.3, -0.25) is 4.79 Å². The summed E-state index contributed by atoms with van der Waals surface area (Å²) >= 11 is 6.97. The van der Waals surface area contributed by atoms with Gasteiger partial charge in [0.25, 0.3) is 5.22 Å². The van der Waals surface area contributed by atoms with Crippen molar-refractivity contribution in [2.24, 2.45) is 0 Å². The predicted octanol–water partition coefficient (Wildman–Crippen LogP) is 3.83. The molecule has 0 aliphatic carbocycles. The number of thioether (sulfide) groups is 1. The van der Waals surface area contributed by atoms with E-state index in [4.69, 9.17) is 16.0 Å². The van der Waals surface area contributed by atoms with Crippen LogP contribution in [0.15, 0.2) is 58.3 Å². The number of hydrogen-bond acceptors (Lipinski definition) is 6. The minimum Gasteiger partial charge on any atom is -0.416 e. The van der Waals surface area contributed by atoms with Gasteiger partial charge in [0.2, 0.25) is 11.8 Å². The molecule has 1 amide bonds. The number of amides is 1. The third-order valence-corrected chi connectivity index (χ3v) is 4.43. The van der Waals surface area contributed by atoms with E-state index >= 15 is 0 Å². The van der Waals surface area contributed by atoms with Gasteiger partial charge >= 0.3 is 0 Å². The third-order valence-electron chi connectivity index (χ3n) is 3.27. The average Bonchev–Trinajstić information content (AvgIpc) is 3.04. The van der Waals surface area contributed by atoms with Gasteiger partial charge in [-0.25, -0.2) is 4.98 Å². The number of carbonyl (C=O) groups excluding carboxylic acids is 1. The predicted molar refractivity (Wildman–Crippen MR) is 96.7 cm³/mol. The summed E-state index contributed by atoms with van der Waals surface area (Å²) in [4.78, 5) is 16.2. The van der Waals surface area contributed by atoms with Gasteiger partial charge in [-0.05, 0) is 24.6 Å². The number of nitrogens with one attached hydrogen (secondary N) is 1. The summed E-state index contributed by atoms with van der Waals surface area (Å²) < 4.78 is 5.60. The smallest absolute Gasteiger partial charge is 0.277 e. The Morgan fingerprint density at radius 1 is 1.24 bits per heavy atom. The van der Waals surface area contributed by atoms with E-state index in [1.165, 1.54) is 18.0 Å². The summed E-state index contributed by atoms with van der Waals surface area (Å²) in [5, 5.41) is 11.2. The van der Waals surface area contributed by atoms with Crippen molar-refractivity contribution in [3.05, 3.63) is 65.1 Å². The molecule has 0 spiro atoms. The molecule has 6 nitrogen and oxygen atoms in total. The lowest BCUT2D eigenvalue weighted by molar-refractivity contribution is -0.115. The van der Waals surface area contributed by atoms with Gasteiger partial charge in [-0.2, -0.15) is 0 Å². The van der Waals surface area contributed by atoms with Crippen molar-refractivity contribution in [3.63, 3.8) is 0 Å². The van der Waals surface area contributed by atoms with Gasteiger partial charge in [-0.1, -0.05) is 53.7 Å². The highest BCUT2D eigenvalue weighted by Crippen LogP contribution is 2.23. The SMILES string of the molecule is C[C@@H](Sc1nnc(Cc2ccccc2)o1)C(=O)Nc1ccc(Cl)cn1. The first-order valence-corrected chi connectivity index (χ1v) is 8.81. The van der Waals surface area contributed by atoms with Gasteiger partial charge in [0.1, 0.15) is 5.82 Å². The number of carbonyl (C=O) groups is 1. The summed E-state index contributed by atoms with van der Waals surface area (Å²) in [6.45, 7) is 1.76. The minimum atomic E-state index is -0.414. The molecule has 0 saturated heterocycles. The van der Waals surface area contributed by atoms with Crippen LogP contribution < -0.4 is 5.32 Å². The molecule has 1 atom stereocenters. The van der Waals surface area contributed by atoms with E-state index in [0.29, 0.717) is 28.4 Å². The number of pyridine rings is 1. The molecular weight excluding hydrogens is 360 g/mol. The summed E-state index contributed by atoms with van der Waals surface area (Å²) in [5.41, 5.74) is 1.09. The number of aromatic nitrogens is 3. The maximum absolute atomic E-state index is 12.2. The van der Waals surface area contributed by atoms with E-state index in [1.54, 1.807) is 19.1 Å². The number of rotatable bonds is 6. The fraction of sp³-hybridized carbons (Fsp3) is 0.176. The number of hydrogen-bond donors (Lipinski definition) is 1. The molecule has 0 fully saturated rings. The highest BCUT2D eigenvalue weighted by atomic mass is 35.5. The maximum Gasteiger partial charge on any atom is 0.277 e. The average molecular weight is 375 g/mol. The Kier molecular flexibility index (Phi) is 5.67. The van der Waals surface area contributed by atoms with Crippen molar-refractivity contribution in [2.75, 3.05) is 5.32 Å². The molecule has 0 aliphatic heterocycles. The number of benzene rings is 1. The number of nitrogens with zero attached hydrogens (tertiary/aromatic N) is 3. The van der Waals surface area contributed by atoms with Crippen LogP contribution in [0.2, 0.25) is 5.02 Å². The molecule has 2 aromatic heterocycles. The van der Waals surface area contributed by atoms with Crippen LogP contribution in [0.4, 0.5) is 5.82 Å². The molecule has 128 valence electrons. The van der Waals surface area contributed by atoms with Crippen molar-refractivity contribution in [3.8, 4) is 0 Å². The second-order valence-corrected chi connectivity index (χ2v) is 6.96. The van der Waals surface area contributed by atoms with Crippen molar-refractivity contribution >= 4 is 35.1 Å². The molecule has 25 heavy (non-hydrogen) atoms. The fourth-order valence-electron chi connectivity index (χ4n) is 2.01. The van der Waals surface area contributed by atoms with Crippen LogP contribution in [0.5, 0.6) is 0 Å². The number of halogens is 1. The zero-order valence-corrected chi connectivity index (χ0v) is 14.9. The summed E-state index contributed by atoms with van der Waals surface area (Å²) in [5.74, 6) is 0.750. The molecule has 0 bridgehead atoms. The van der Waals surface area contributed by atoms with Crippen LogP contribution in [-0.2, 0) is 11.2 Å². The summed E-state index contributed by atoms with van der Waals surface area (Å²) in [6.07, 6.45) is 2.03. The normalized spacial score (nSPS) is 11.9. The van der Waals surface area contributed by atoms with Crippen LogP contribution >= 0.6 is 23.4 Å². The molecular formula is C17H15ClN4O2S. The first-order valence-electron chi connectivity index (χ1n) is 7.55. The minimum absolute atomic E-state index is 0.206. The van der Waals surface area contributed by atoms with E-state index in [1.807, 2.05) is 30.3 Å². The molecule has 0 aliphatic rings. The van der Waals surface area contributed by atoms with E-state index in [9.17, 15) is 4.79 Å². The zero-order chi connectivity index (χ0) is 17.6. The summed E-state index contributed by atoms with van der Waals surface area (Å²) in [7, 11) is 0. The second-order valence-electron chi connectivity index (χ2n) is 5.24. The Labute approximate surface area is 154 Å². The number of anilines is 1. The van der Waals surface area contributed by atoms with Crippen molar-refractivity contribution < 1.29 is 9.21 Å². The van der Waals surface area contributed by atoms with Crippen molar-refractivity contribution in [1.29, 1.82) is 0 Å². The summed E-state index contributed by atoms with van der Waals surface area (Å²) in [6, 6.07) is 13.2. The van der Waals surface area contributed by atoms with Gasteiger partial charge < -0.3 is 9.73 Å². The first kappa shape index (κ1) is 17.4. The third kappa shape index (κ3) is 5.04. The van der Waals surface area contributed by atoms with E-state index in [-0.39, 0.29) is 5.91 Å². The second kappa shape index (κ2) is 8.13. The van der Waals surface area contributed by atoms with E-state index < -0.39 is 5.25 Å². The van der Waals surface area contributed by atoms with Crippen LogP contribution in [0.3, 0.4) is 0 Å². The van der Waals surface area contributed by atoms with Crippen molar-refractivity contribution in [1.82, 2.24) is 15.2 Å². The van der Waals surface area contributed by atoms with Gasteiger partial charge in [0, 0.05) is 6.20 Å². The van der Waals surface area contributed by atoms with E-state index in [2.05, 4.69) is 20.5 Å². The lowest BCUT2D eigenvalue weighted by atomic mass is 10.2. The monoisotopic (exact) mass is 374 g/mol. The highest BCUT2D eigenvalue weighted by molar-refractivity contribution is 8.00. The van der Waals surface area contributed by atoms with Crippen LogP contribution in [-0.4, -0.2) is 26.3 Å². The lowest BCUT2D eigenvalue weighted by Gasteiger charge is -2.09. The van der Waals surface area contributed by atoms with Gasteiger partial charge in [0.05, 0.1) is 16.7 Å². The Morgan fingerprint density at radius 2 is 2.04 bits per heavy atom. The van der Waals surface area contributed by atoms with Crippen LogP contribution in [0.1, 0.15) is 18.4 Å². The van der Waals surface area contributed by atoms with Gasteiger partial charge in [0.15, 0.2) is 0 Å². The molecule has 8 heteroatoms. The molecule has 2 heterocycles. The Bertz CT molecular complexity index is 839. The zero-order valence-electron chi connectivity index (χ0n) is 13.3. The largest absolute Gasteiger partial charge is 0.416 e. The molecule has 3 rings (SSSR count). The Balaban J connectivity index is 1.56. The lowest BCUT2D eigenvalue weighted by Crippen LogP contribution is -2.22.